The van der Waals surface area contributed by atoms with Gasteiger partial charge in [0.05, 0.1) is 0 Å². The number of hydrogen-bond acceptors (Lipinski definition) is 2. The van der Waals surface area contributed by atoms with Crippen molar-refractivity contribution in [1.82, 2.24) is 4.98 Å². The summed E-state index contributed by atoms with van der Waals surface area (Å²) in [4.78, 5) is 6.91. The fourth-order valence-corrected chi connectivity index (χ4v) is 10.3. The molecule has 4 saturated carbocycles. The van der Waals surface area contributed by atoms with Crippen LogP contribution in [0, 0.1) is 23.7 Å². The number of aromatic nitrogens is 1. The monoisotopic (exact) mass is 586 g/mol. The molecule has 1 aromatic heterocycles. The molecular weight excluding hydrogens is 544 g/mol. The minimum atomic E-state index is 0.0928. The molecule has 1 heterocycles. The first-order valence-electron chi connectivity index (χ1n) is 17.1. The molecule has 4 bridgehead atoms. The molecule has 1 spiro atoms. The van der Waals surface area contributed by atoms with Gasteiger partial charge in [-0.25, -0.2) is 0 Å². The summed E-state index contributed by atoms with van der Waals surface area (Å²) in [7, 11) is 0. The van der Waals surface area contributed by atoms with Crippen molar-refractivity contribution in [3.8, 4) is 22.3 Å². The number of fused-ring (bicyclic) bond motifs is 3. The molecule has 10 rings (SSSR count). The molecule has 0 N–H and O–H groups in total. The van der Waals surface area contributed by atoms with Crippen LogP contribution in [-0.2, 0) is 10.8 Å². The van der Waals surface area contributed by atoms with Crippen molar-refractivity contribution >= 4 is 17.1 Å². The summed E-state index contributed by atoms with van der Waals surface area (Å²) in [5.74, 6) is 3.26. The second-order valence-corrected chi connectivity index (χ2v) is 15.3. The number of para-hydroxylation sites is 1. The van der Waals surface area contributed by atoms with E-state index in [1.807, 2.05) is 12.4 Å². The third-order valence-corrected chi connectivity index (χ3v) is 11.9. The van der Waals surface area contributed by atoms with Gasteiger partial charge in [0.1, 0.15) is 0 Å². The molecule has 2 nitrogen and oxygen atoms in total. The zero-order valence-corrected chi connectivity index (χ0v) is 26.7. The van der Waals surface area contributed by atoms with Crippen molar-refractivity contribution in [1.29, 1.82) is 0 Å². The first-order chi connectivity index (χ1) is 21.9. The second kappa shape index (κ2) is 9.91. The van der Waals surface area contributed by atoms with Crippen molar-refractivity contribution in [2.45, 2.75) is 63.7 Å². The second-order valence-electron chi connectivity index (χ2n) is 15.3. The van der Waals surface area contributed by atoms with E-state index in [0.717, 1.165) is 11.8 Å². The van der Waals surface area contributed by atoms with Crippen LogP contribution in [0.5, 0.6) is 0 Å². The predicted octanol–water partition coefficient (Wildman–Crippen LogP) is 11.2. The molecule has 2 heteroatoms. The molecule has 45 heavy (non-hydrogen) atoms. The maximum absolute atomic E-state index is 4.42. The van der Waals surface area contributed by atoms with Gasteiger partial charge in [0, 0.05) is 34.9 Å². The normalized spacial score (nSPS) is 25.8. The molecule has 224 valence electrons. The van der Waals surface area contributed by atoms with E-state index in [4.69, 9.17) is 0 Å². The third-order valence-electron chi connectivity index (χ3n) is 11.9. The Morgan fingerprint density at radius 1 is 0.600 bits per heavy atom. The van der Waals surface area contributed by atoms with Gasteiger partial charge in [-0.1, -0.05) is 75.4 Å². The lowest BCUT2D eigenvalue weighted by molar-refractivity contribution is -0.0399. The maximum atomic E-state index is 4.42. The van der Waals surface area contributed by atoms with Gasteiger partial charge in [-0.05, 0) is 149 Å². The van der Waals surface area contributed by atoms with Crippen molar-refractivity contribution < 1.29 is 0 Å². The number of hydrogen-bond donors (Lipinski definition) is 0. The standard InChI is InChI=1S/C43H42N2/c1-42(2,3)31-13-15-35(16-14-31)45(34-9-5-4-6-10-34)36-26-38(30-17-19-44-20-18-30)41-37-11-7-8-12-39(37)43(40(41)27-36)32-22-28-21-29(24-32)25-33(43)23-28/h4-20,26-29,32-33H,21-25H2,1-3H3. The largest absolute Gasteiger partial charge is 0.310 e. The molecule has 0 amide bonds. The number of pyridine rings is 1. The minimum absolute atomic E-state index is 0.0928. The van der Waals surface area contributed by atoms with Crippen molar-refractivity contribution in [2.75, 3.05) is 4.90 Å². The van der Waals surface area contributed by atoms with Crippen LogP contribution in [-0.4, -0.2) is 4.98 Å². The third kappa shape index (κ3) is 4.04. The van der Waals surface area contributed by atoms with E-state index in [9.17, 15) is 0 Å². The van der Waals surface area contributed by atoms with Gasteiger partial charge < -0.3 is 4.90 Å². The number of anilines is 3. The molecule has 0 aliphatic heterocycles. The fraction of sp³-hybridized carbons (Fsp3) is 0.326. The van der Waals surface area contributed by atoms with Crippen LogP contribution in [0.3, 0.4) is 0 Å². The highest BCUT2D eigenvalue weighted by molar-refractivity contribution is 5.96. The van der Waals surface area contributed by atoms with Crippen LogP contribution < -0.4 is 4.90 Å². The van der Waals surface area contributed by atoms with E-state index in [2.05, 4.69) is 134 Å². The van der Waals surface area contributed by atoms with Gasteiger partial charge in [0.15, 0.2) is 0 Å². The van der Waals surface area contributed by atoms with Crippen LogP contribution in [0.4, 0.5) is 17.1 Å². The summed E-state index contributed by atoms with van der Waals surface area (Å²) in [6.07, 6.45) is 10.9. The molecule has 5 aliphatic carbocycles. The Bertz CT molecular complexity index is 1850. The first-order valence-corrected chi connectivity index (χ1v) is 17.1. The van der Waals surface area contributed by atoms with E-state index in [0.29, 0.717) is 11.8 Å². The molecule has 0 saturated heterocycles. The minimum Gasteiger partial charge on any atom is -0.310 e. The SMILES string of the molecule is CC(C)(C)c1ccc(N(c2ccccc2)c2cc(-c3ccncc3)c3c(c2)C2(c4ccccc4-3)C3CC4CC(C3)CC2C4)cc1. The topological polar surface area (TPSA) is 16.1 Å². The molecule has 4 fully saturated rings. The highest BCUT2D eigenvalue weighted by Gasteiger charge is 2.61. The van der Waals surface area contributed by atoms with Crippen LogP contribution in [0.1, 0.15) is 69.6 Å². The van der Waals surface area contributed by atoms with Crippen molar-refractivity contribution in [3.05, 3.63) is 132 Å². The Balaban J connectivity index is 1.33. The lowest BCUT2D eigenvalue weighted by atomic mass is 9.43. The van der Waals surface area contributed by atoms with Crippen LogP contribution in [0.2, 0.25) is 0 Å². The van der Waals surface area contributed by atoms with Crippen molar-refractivity contribution in [2.24, 2.45) is 23.7 Å². The fourth-order valence-electron chi connectivity index (χ4n) is 10.3. The van der Waals surface area contributed by atoms with Gasteiger partial charge in [-0.15, -0.1) is 0 Å². The molecule has 0 atom stereocenters. The summed E-state index contributed by atoms with van der Waals surface area (Å²) < 4.78 is 0. The van der Waals surface area contributed by atoms with Gasteiger partial charge in [0.25, 0.3) is 0 Å². The van der Waals surface area contributed by atoms with E-state index in [-0.39, 0.29) is 10.8 Å². The smallest absolute Gasteiger partial charge is 0.0471 e. The van der Waals surface area contributed by atoms with E-state index in [1.165, 1.54) is 77.0 Å². The summed E-state index contributed by atoms with van der Waals surface area (Å²) in [5, 5.41) is 0. The molecule has 0 radical (unpaired) electrons. The highest BCUT2D eigenvalue weighted by Crippen LogP contribution is 2.70. The number of benzene rings is 4. The zero-order chi connectivity index (χ0) is 30.3. The van der Waals surface area contributed by atoms with Crippen LogP contribution >= 0.6 is 0 Å². The average molecular weight is 587 g/mol. The number of nitrogens with zero attached hydrogens (tertiary/aromatic N) is 2. The Hall–Kier alpha value is -4.17. The molecular formula is C43H42N2. The van der Waals surface area contributed by atoms with Gasteiger partial charge in [0.2, 0.25) is 0 Å². The zero-order valence-electron chi connectivity index (χ0n) is 26.7. The summed E-state index contributed by atoms with van der Waals surface area (Å²) in [5.41, 5.74) is 13.9. The molecule has 5 aliphatic rings. The molecule has 5 aromatic rings. The summed E-state index contributed by atoms with van der Waals surface area (Å²) >= 11 is 0. The summed E-state index contributed by atoms with van der Waals surface area (Å²) in [6.45, 7) is 6.88. The van der Waals surface area contributed by atoms with Crippen molar-refractivity contribution in [3.63, 3.8) is 0 Å². The lowest BCUT2D eigenvalue weighted by Crippen LogP contribution is -2.55. The predicted molar refractivity (Wildman–Crippen MR) is 186 cm³/mol. The Labute approximate surface area is 268 Å². The van der Waals surface area contributed by atoms with Crippen LogP contribution in [0.15, 0.2) is 116 Å². The van der Waals surface area contributed by atoms with E-state index in [1.54, 1.807) is 11.1 Å². The van der Waals surface area contributed by atoms with E-state index >= 15 is 0 Å². The molecule has 0 unspecified atom stereocenters. The van der Waals surface area contributed by atoms with E-state index < -0.39 is 0 Å². The van der Waals surface area contributed by atoms with Crippen LogP contribution in [0.25, 0.3) is 22.3 Å². The lowest BCUT2D eigenvalue weighted by Gasteiger charge is -2.61. The quantitative estimate of drug-likeness (QED) is 0.208. The Morgan fingerprint density at radius 3 is 1.89 bits per heavy atom. The average Bonchev–Trinajstić information content (AvgIpc) is 3.35. The number of rotatable bonds is 4. The van der Waals surface area contributed by atoms with Gasteiger partial charge in [-0.2, -0.15) is 0 Å². The summed E-state index contributed by atoms with van der Waals surface area (Å²) in [6, 6.07) is 39.2. The first kappa shape index (κ1) is 27.2. The maximum Gasteiger partial charge on any atom is 0.0471 e. The van der Waals surface area contributed by atoms with Gasteiger partial charge in [-0.3, -0.25) is 4.98 Å². The Morgan fingerprint density at radius 2 is 1.22 bits per heavy atom. The Kier molecular flexibility index (Phi) is 5.99. The molecule has 4 aromatic carbocycles. The van der Waals surface area contributed by atoms with Gasteiger partial charge >= 0.3 is 0 Å². The highest BCUT2D eigenvalue weighted by atomic mass is 15.1.